The van der Waals surface area contributed by atoms with E-state index in [9.17, 15) is 18.4 Å². The van der Waals surface area contributed by atoms with E-state index in [2.05, 4.69) is 4.98 Å². The molecule has 0 saturated heterocycles. The molecule has 0 radical (unpaired) electrons. The van der Waals surface area contributed by atoms with E-state index in [4.69, 9.17) is 21.4 Å². The van der Waals surface area contributed by atoms with Gasteiger partial charge < -0.3 is 14.7 Å². The molecule has 0 bridgehead atoms. The Balaban J connectivity index is 1.61. The van der Waals surface area contributed by atoms with Crippen molar-refractivity contribution in [2.45, 2.75) is 32.9 Å². The Morgan fingerprint density at radius 3 is 2.74 bits per heavy atom. The highest BCUT2D eigenvalue weighted by atomic mass is 35.5. The second-order valence-corrected chi connectivity index (χ2v) is 8.31. The Labute approximate surface area is 199 Å². The molecule has 3 aromatic rings. The number of nitrogens with zero attached hydrogens (tertiary/aromatic N) is 3. The van der Waals surface area contributed by atoms with Crippen molar-refractivity contribution in [3.05, 3.63) is 85.9 Å². The number of carbonyl (C=O) groups excluding carboxylic acids is 1. The van der Waals surface area contributed by atoms with E-state index in [1.165, 1.54) is 10.6 Å². The van der Waals surface area contributed by atoms with Crippen molar-refractivity contribution in [1.29, 1.82) is 0 Å². The number of carbonyl (C=O) groups is 1. The molecule has 7 nitrogen and oxygen atoms in total. The minimum Gasteiger partial charge on any atom is -0.471 e. The highest BCUT2D eigenvalue weighted by Crippen LogP contribution is 2.25. The van der Waals surface area contributed by atoms with Crippen molar-refractivity contribution < 1.29 is 23.4 Å². The number of aliphatic hydroxyl groups excluding tert-OH is 1. The van der Waals surface area contributed by atoms with Crippen molar-refractivity contribution in [2.24, 2.45) is 0 Å². The maximum Gasteiger partial charge on any atom is 0.280 e. The molecular weight excluding hydrogens is 468 g/mol. The van der Waals surface area contributed by atoms with E-state index >= 15 is 0 Å². The van der Waals surface area contributed by atoms with Gasteiger partial charge in [-0.2, -0.15) is 4.98 Å². The molecular formula is C24H22ClF2N3O4. The average Bonchev–Trinajstić information content (AvgIpc) is 2.81. The van der Waals surface area contributed by atoms with Gasteiger partial charge in [0.1, 0.15) is 24.1 Å². The molecule has 1 aliphatic heterocycles. The predicted molar refractivity (Wildman–Crippen MR) is 121 cm³/mol. The van der Waals surface area contributed by atoms with Crippen molar-refractivity contribution in [3.63, 3.8) is 0 Å². The van der Waals surface area contributed by atoms with Gasteiger partial charge in [-0.1, -0.05) is 17.7 Å². The van der Waals surface area contributed by atoms with Gasteiger partial charge in [0.25, 0.3) is 5.56 Å². The fourth-order valence-corrected chi connectivity index (χ4v) is 4.10. The first-order chi connectivity index (χ1) is 16.3. The second-order valence-electron chi connectivity index (χ2n) is 7.94. The number of aromatic nitrogens is 2. The van der Waals surface area contributed by atoms with Crippen LogP contribution in [0.1, 0.15) is 28.9 Å². The van der Waals surface area contributed by atoms with Gasteiger partial charge in [0.05, 0.1) is 12.3 Å². The van der Waals surface area contributed by atoms with E-state index in [1.807, 2.05) is 12.1 Å². The lowest BCUT2D eigenvalue weighted by Gasteiger charge is -2.29. The zero-order valence-corrected chi connectivity index (χ0v) is 19.1. The van der Waals surface area contributed by atoms with E-state index < -0.39 is 17.2 Å². The Bertz CT molecular complexity index is 1310. The van der Waals surface area contributed by atoms with Crippen LogP contribution in [0.4, 0.5) is 8.78 Å². The summed E-state index contributed by atoms with van der Waals surface area (Å²) in [5, 5.41) is 8.77. The summed E-state index contributed by atoms with van der Waals surface area (Å²) in [6, 6.07) is 8.59. The molecule has 0 aliphatic carbocycles. The number of aliphatic hydroxyl groups is 1. The molecule has 0 atom stereocenters. The van der Waals surface area contributed by atoms with Crippen molar-refractivity contribution in [2.75, 3.05) is 13.2 Å². The van der Waals surface area contributed by atoms with Gasteiger partial charge in [-0.05, 0) is 48.7 Å². The minimum atomic E-state index is -0.776. The van der Waals surface area contributed by atoms with E-state index in [0.717, 1.165) is 23.3 Å². The molecule has 10 heteroatoms. The molecule has 34 heavy (non-hydrogen) atoms. The maximum absolute atomic E-state index is 13.9. The van der Waals surface area contributed by atoms with Gasteiger partial charge >= 0.3 is 0 Å². The standard InChI is InChI=1S/C24H22ClF2N3O4/c1-14-28-23(34-13-16-2-4-18(26)11-20(16)27)22(25)24(33)30(14)19-5-3-15-6-8-29(12-17(15)10-19)21(32)7-9-31/h2-5,10-11,31H,6-9,12-13H2,1H3. The fourth-order valence-electron chi connectivity index (χ4n) is 3.92. The highest BCUT2D eigenvalue weighted by molar-refractivity contribution is 6.31. The molecule has 1 N–H and O–H groups in total. The molecule has 0 saturated carbocycles. The summed E-state index contributed by atoms with van der Waals surface area (Å²) in [4.78, 5) is 31.2. The summed E-state index contributed by atoms with van der Waals surface area (Å²) in [5.74, 6) is -1.46. The van der Waals surface area contributed by atoms with Gasteiger partial charge in [0, 0.05) is 31.1 Å². The minimum absolute atomic E-state index is 0.0659. The topological polar surface area (TPSA) is 84.7 Å². The quantitative estimate of drug-likeness (QED) is 0.574. The lowest BCUT2D eigenvalue weighted by atomic mass is 9.98. The molecule has 0 fully saturated rings. The third-order valence-electron chi connectivity index (χ3n) is 5.68. The predicted octanol–water partition coefficient (Wildman–Crippen LogP) is 3.32. The fraction of sp³-hybridized carbons (Fsp3) is 0.292. The number of rotatable bonds is 6. The number of aryl methyl sites for hydroxylation is 1. The summed E-state index contributed by atoms with van der Waals surface area (Å²) < 4.78 is 33.8. The molecule has 178 valence electrons. The van der Waals surface area contributed by atoms with Crippen LogP contribution >= 0.6 is 11.6 Å². The van der Waals surface area contributed by atoms with E-state index in [-0.39, 0.29) is 42.0 Å². The number of benzene rings is 2. The third kappa shape index (κ3) is 4.80. The van der Waals surface area contributed by atoms with Gasteiger partial charge in [-0.3, -0.25) is 14.2 Å². The van der Waals surface area contributed by atoms with E-state index in [1.54, 1.807) is 17.9 Å². The SMILES string of the molecule is Cc1nc(OCc2ccc(F)cc2F)c(Cl)c(=O)n1-c1ccc2c(c1)CN(C(=O)CCO)CC2. The zero-order valence-electron chi connectivity index (χ0n) is 18.4. The second kappa shape index (κ2) is 9.90. The highest BCUT2D eigenvalue weighted by Gasteiger charge is 2.22. The van der Waals surface area contributed by atoms with Crippen LogP contribution in [0.15, 0.2) is 41.2 Å². The van der Waals surface area contributed by atoms with Crippen molar-refractivity contribution >= 4 is 17.5 Å². The Morgan fingerprint density at radius 2 is 2.00 bits per heavy atom. The van der Waals surface area contributed by atoms with Crippen LogP contribution in [0.2, 0.25) is 5.02 Å². The largest absolute Gasteiger partial charge is 0.471 e. The maximum atomic E-state index is 13.9. The Hall–Kier alpha value is -3.30. The number of amides is 1. The van der Waals surface area contributed by atoms with Gasteiger partial charge in [-0.15, -0.1) is 0 Å². The Kier molecular flexibility index (Phi) is 6.95. The van der Waals surface area contributed by atoms with Crippen LogP contribution in [-0.2, 0) is 24.4 Å². The number of hydrogen-bond acceptors (Lipinski definition) is 5. The molecule has 0 unspecified atom stereocenters. The molecule has 2 heterocycles. The van der Waals surface area contributed by atoms with Gasteiger partial charge in [-0.25, -0.2) is 8.78 Å². The lowest BCUT2D eigenvalue weighted by molar-refractivity contribution is -0.132. The van der Waals surface area contributed by atoms with Crippen molar-refractivity contribution in [3.8, 4) is 11.6 Å². The molecule has 1 amide bonds. The van der Waals surface area contributed by atoms with Crippen LogP contribution in [0.25, 0.3) is 5.69 Å². The molecule has 1 aliphatic rings. The smallest absolute Gasteiger partial charge is 0.280 e. The van der Waals surface area contributed by atoms with Gasteiger partial charge in [0.2, 0.25) is 11.8 Å². The average molecular weight is 490 g/mol. The third-order valence-corrected chi connectivity index (χ3v) is 6.01. The van der Waals surface area contributed by atoms with Crippen LogP contribution in [0.5, 0.6) is 5.88 Å². The summed E-state index contributed by atoms with van der Waals surface area (Å²) in [5.41, 5.74) is 2.03. The van der Waals surface area contributed by atoms with Crippen LogP contribution in [-0.4, -0.2) is 38.6 Å². The van der Waals surface area contributed by atoms with E-state index in [0.29, 0.717) is 31.0 Å². The monoisotopic (exact) mass is 489 g/mol. The number of halogens is 3. The van der Waals surface area contributed by atoms with Crippen LogP contribution in [0.3, 0.4) is 0 Å². The van der Waals surface area contributed by atoms with Gasteiger partial charge in [0.15, 0.2) is 5.02 Å². The number of fused-ring (bicyclic) bond motifs is 1. The van der Waals surface area contributed by atoms with Crippen LogP contribution in [0, 0.1) is 18.6 Å². The lowest BCUT2D eigenvalue weighted by Crippen LogP contribution is -2.36. The zero-order chi connectivity index (χ0) is 24.4. The summed E-state index contributed by atoms with van der Waals surface area (Å²) in [6.07, 6.45) is 0.739. The first kappa shape index (κ1) is 23.8. The molecule has 0 spiro atoms. The molecule has 1 aromatic heterocycles. The Morgan fingerprint density at radius 1 is 1.21 bits per heavy atom. The normalized spacial score (nSPS) is 13.0. The number of ether oxygens (including phenoxy) is 1. The van der Waals surface area contributed by atoms with Crippen molar-refractivity contribution in [1.82, 2.24) is 14.5 Å². The molecule has 2 aromatic carbocycles. The summed E-state index contributed by atoms with van der Waals surface area (Å²) in [7, 11) is 0. The number of hydrogen-bond donors (Lipinski definition) is 1. The first-order valence-electron chi connectivity index (χ1n) is 10.6. The summed E-state index contributed by atoms with van der Waals surface area (Å²) in [6.45, 7) is 2.07. The van der Waals surface area contributed by atoms with Crippen LogP contribution < -0.4 is 10.3 Å². The molecule has 4 rings (SSSR count). The first-order valence-corrected chi connectivity index (χ1v) is 11.0. The summed E-state index contributed by atoms with van der Waals surface area (Å²) >= 11 is 6.24.